The van der Waals surface area contributed by atoms with Crippen LogP contribution in [0.25, 0.3) is 0 Å². The second-order valence-electron chi connectivity index (χ2n) is 4.62. The molecular weight excluding hydrogens is 198 g/mol. The number of hydrogen-bond donors (Lipinski definition) is 0. The smallest absolute Gasteiger partial charge is 0.214 e. The first-order valence-corrected chi connectivity index (χ1v) is 5.86. The van der Waals surface area contributed by atoms with E-state index in [0.717, 1.165) is 32.1 Å². The summed E-state index contributed by atoms with van der Waals surface area (Å²) in [5.41, 5.74) is 2.71. The number of carbonyl (C=O) groups excluding carboxylic acids is 1. The summed E-state index contributed by atoms with van der Waals surface area (Å²) in [6.07, 6.45) is 9.28. The molecule has 0 fully saturated rings. The molecule has 1 heterocycles. The van der Waals surface area contributed by atoms with Crippen LogP contribution in [0.15, 0.2) is 36.5 Å². The Hall–Kier alpha value is -1.57. The van der Waals surface area contributed by atoms with E-state index in [0.29, 0.717) is 0 Å². The minimum atomic E-state index is -0.0485. The third-order valence-electron chi connectivity index (χ3n) is 3.93. The van der Waals surface area contributed by atoms with E-state index in [1.54, 1.807) is 0 Å². The monoisotopic (exact) mass is 213 g/mol. The van der Waals surface area contributed by atoms with Gasteiger partial charge >= 0.3 is 0 Å². The van der Waals surface area contributed by atoms with E-state index in [2.05, 4.69) is 30.3 Å². The molecule has 1 atom stereocenters. The first-order chi connectivity index (χ1) is 7.87. The van der Waals surface area contributed by atoms with Crippen molar-refractivity contribution in [3.63, 3.8) is 0 Å². The number of fused-ring (bicyclic) bond motifs is 2. The van der Waals surface area contributed by atoms with Gasteiger partial charge in [0.25, 0.3) is 0 Å². The Balaban J connectivity index is 2.13. The highest BCUT2D eigenvalue weighted by molar-refractivity contribution is 5.55. The topological polar surface area (TPSA) is 20.3 Å². The van der Waals surface area contributed by atoms with Gasteiger partial charge in [0, 0.05) is 6.20 Å². The molecule has 0 N–H and O–H groups in total. The number of nitrogens with zero attached hydrogens (tertiary/aromatic N) is 1. The van der Waals surface area contributed by atoms with Crippen LogP contribution in [0.2, 0.25) is 0 Å². The molecule has 1 amide bonds. The number of allylic oxidation sites excluding steroid dienone is 1. The SMILES string of the molecule is O=CN1C=CCC[C@@]12CCc1ccccc12. The van der Waals surface area contributed by atoms with E-state index in [1.165, 1.54) is 11.1 Å². The summed E-state index contributed by atoms with van der Waals surface area (Å²) in [7, 11) is 0. The molecule has 2 nitrogen and oxygen atoms in total. The molecule has 0 saturated heterocycles. The van der Waals surface area contributed by atoms with Crippen LogP contribution >= 0.6 is 0 Å². The van der Waals surface area contributed by atoms with Crippen LogP contribution in [0, 0.1) is 0 Å². The minimum Gasteiger partial charge on any atom is -0.312 e. The summed E-state index contributed by atoms with van der Waals surface area (Å²) < 4.78 is 0. The van der Waals surface area contributed by atoms with E-state index in [4.69, 9.17) is 0 Å². The highest BCUT2D eigenvalue weighted by atomic mass is 16.1. The third kappa shape index (κ3) is 1.16. The lowest BCUT2D eigenvalue weighted by atomic mass is 9.84. The molecule has 1 aromatic carbocycles. The molecule has 0 aromatic heterocycles. The second-order valence-corrected chi connectivity index (χ2v) is 4.62. The maximum atomic E-state index is 11.2. The standard InChI is InChI=1S/C14H15NO/c16-11-15-10-4-3-8-14(15)9-7-12-5-1-2-6-13(12)14/h1-2,4-6,10-11H,3,7-9H2/t14-/m0/s1. The normalized spacial score (nSPS) is 27.1. The fourth-order valence-corrected chi connectivity index (χ4v) is 3.11. The second kappa shape index (κ2) is 3.48. The molecule has 1 spiro atoms. The maximum Gasteiger partial charge on any atom is 0.214 e. The van der Waals surface area contributed by atoms with Crippen molar-refractivity contribution in [2.45, 2.75) is 31.2 Å². The van der Waals surface area contributed by atoms with Crippen molar-refractivity contribution in [3.8, 4) is 0 Å². The molecule has 1 aromatic rings. The molecule has 2 aliphatic rings. The molecule has 2 heteroatoms. The summed E-state index contributed by atoms with van der Waals surface area (Å²) in [6, 6.07) is 8.53. The fourth-order valence-electron chi connectivity index (χ4n) is 3.11. The Morgan fingerprint density at radius 1 is 1.25 bits per heavy atom. The maximum absolute atomic E-state index is 11.2. The van der Waals surface area contributed by atoms with Gasteiger partial charge in [0.1, 0.15) is 0 Å². The van der Waals surface area contributed by atoms with Crippen molar-refractivity contribution < 1.29 is 4.79 Å². The van der Waals surface area contributed by atoms with Crippen molar-refractivity contribution in [2.75, 3.05) is 0 Å². The zero-order valence-corrected chi connectivity index (χ0v) is 9.23. The third-order valence-corrected chi connectivity index (χ3v) is 3.93. The lowest BCUT2D eigenvalue weighted by Gasteiger charge is -2.40. The molecule has 0 unspecified atom stereocenters. The van der Waals surface area contributed by atoms with E-state index < -0.39 is 0 Å². The average Bonchev–Trinajstić information content (AvgIpc) is 2.71. The Kier molecular flexibility index (Phi) is 2.10. The molecular formula is C14H15NO. The summed E-state index contributed by atoms with van der Waals surface area (Å²) in [5, 5.41) is 0. The summed E-state index contributed by atoms with van der Waals surface area (Å²) in [4.78, 5) is 13.1. The van der Waals surface area contributed by atoms with Gasteiger partial charge in [0.05, 0.1) is 5.54 Å². The first kappa shape index (κ1) is 9.64. The van der Waals surface area contributed by atoms with Gasteiger partial charge in [-0.15, -0.1) is 0 Å². The van der Waals surface area contributed by atoms with Crippen LogP contribution in [0.5, 0.6) is 0 Å². The number of benzene rings is 1. The van der Waals surface area contributed by atoms with E-state index >= 15 is 0 Å². The Morgan fingerprint density at radius 3 is 3.00 bits per heavy atom. The van der Waals surface area contributed by atoms with Crippen LogP contribution in [-0.4, -0.2) is 11.3 Å². The zero-order valence-electron chi connectivity index (χ0n) is 9.23. The summed E-state index contributed by atoms with van der Waals surface area (Å²) >= 11 is 0. The van der Waals surface area contributed by atoms with E-state index in [9.17, 15) is 4.79 Å². The van der Waals surface area contributed by atoms with Gasteiger partial charge in [-0.25, -0.2) is 0 Å². The highest BCUT2D eigenvalue weighted by Gasteiger charge is 2.42. The molecule has 0 bridgehead atoms. The molecule has 16 heavy (non-hydrogen) atoms. The van der Waals surface area contributed by atoms with Crippen LogP contribution < -0.4 is 0 Å². The number of amides is 1. The lowest BCUT2D eigenvalue weighted by molar-refractivity contribution is -0.121. The molecule has 0 radical (unpaired) electrons. The van der Waals surface area contributed by atoms with Crippen molar-refractivity contribution in [1.82, 2.24) is 4.90 Å². The largest absolute Gasteiger partial charge is 0.312 e. The first-order valence-electron chi connectivity index (χ1n) is 5.86. The van der Waals surface area contributed by atoms with Gasteiger partial charge in [-0.3, -0.25) is 4.79 Å². The van der Waals surface area contributed by atoms with Gasteiger partial charge in [-0.2, -0.15) is 0 Å². The van der Waals surface area contributed by atoms with E-state index in [1.807, 2.05) is 11.1 Å². The molecule has 1 aliphatic heterocycles. The Labute approximate surface area is 95.6 Å². The van der Waals surface area contributed by atoms with Crippen LogP contribution in [-0.2, 0) is 16.8 Å². The van der Waals surface area contributed by atoms with Crippen molar-refractivity contribution >= 4 is 6.41 Å². The fraction of sp³-hybridized carbons (Fsp3) is 0.357. The number of rotatable bonds is 1. The van der Waals surface area contributed by atoms with Gasteiger partial charge in [-0.1, -0.05) is 30.3 Å². The number of carbonyl (C=O) groups is 1. The molecule has 82 valence electrons. The van der Waals surface area contributed by atoms with Crippen LogP contribution in [0.3, 0.4) is 0 Å². The molecule has 1 aliphatic carbocycles. The van der Waals surface area contributed by atoms with Crippen molar-refractivity contribution in [3.05, 3.63) is 47.7 Å². The minimum absolute atomic E-state index is 0.0485. The average molecular weight is 213 g/mol. The predicted octanol–water partition coefficient (Wildman–Crippen LogP) is 2.59. The zero-order chi connectivity index (χ0) is 11.0. The summed E-state index contributed by atoms with van der Waals surface area (Å²) in [5.74, 6) is 0. The quantitative estimate of drug-likeness (QED) is 0.657. The molecule has 3 rings (SSSR count). The van der Waals surface area contributed by atoms with Crippen molar-refractivity contribution in [2.24, 2.45) is 0 Å². The lowest BCUT2D eigenvalue weighted by Crippen LogP contribution is -2.42. The van der Waals surface area contributed by atoms with Crippen LogP contribution in [0.1, 0.15) is 30.4 Å². The number of aryl methyl sites for hydroxylation is 1. The highest BCUT2D eigenvalue weighted by Crippen LogP contribution is 2.46. The Morgan fingerprint density at radius 2 is 2.12 bits per heavy atom. The van der Waals surface area contributed by atoms with Gasteiger partial charge < -0.3 is 4.90 Å². The predicted molar refractivity (Wildman–Crippen MR) is 62.7 cm³/mol. The van der Waals surface area contributed by atoms with E-state index in [-0.39, 0.29) is 5.54 Å². The van der Waals surface area contributed by atoms with Crippen molar-refractivity contribution in [1.29, 1.82) is 0 Å². The van der Waals surface area contributed by atoms with Gasteiger partial charge in [0.2, 0.25) is 6.41 Å². The number of hydrogen-bond acceptors (Lipinski definition) is 1. The van der Waals surface area contributed by atoms with Gasteiger partial charge in [-0.05, 0) is 36.8 Å². The Bertz CT molecular complexity index is 452. The van der Waals surface area contributed by atoms with Crippen LogP contribution in [0.4, 0.5) is 0 Å². The molecule has 0 saturated carbocycles. The summed E-state index contributed by atoms with van der Waals surface area (Å²) in [6.45, 7) is 0. The van der Waals surface area contributed by atoms with Gasteiger partial charge in [0.15, 0.2) is 0 Å².